The largest absolute Gasteiger partial charge is 0.399 e. The highest BCUT2D eigenvalue weighted by atomic mass is 79.9. The maximum absolute atomic E-state index is 11.9. The van der Waals surface area contributed by atoms with E-state index in [0.717, 1.165) is 42.5 Å². The fourth-order valence-corrected chi connectivity index (χ4v) is 3.08. The minimum absolute atomic E-state index is 0.0109. The first-order valence-electron chi connectivity index (χ1n) is 6.61. The molecule has 1 aliphatic rings. The zero-order valence-electron chi connectivity index (χ0n) is 11.2. The molecule has 0 aliphatic carbocycles. The van der Waals surface area contributed by atoms with Crippen molar-refractivity contribution >= 4 is 27.5 Å². The molecule has 0 radical (unpaired) electrons. The van der Waals surface area contributed by atoms with Crippen molar-refractivity contribution < 1.29 is 4.79 Å². The van der Waals surface area contributed by atoms with Gasteiger partial charge < -0.3 is 11.1 Å². The molecular weight excluding hydrogens is 306 g/mol. The first-order chi connectivity index (χ1) is 9.11. The summed E-state index contributed by atoms with van der Waals surface area (Å²) in [6.07, 6.45) is 3.21. The van der Waals surface area contributed by atoms with E-state index in [1.54, 1.807) is 7.05 Å². The van der Waals surface area contributed by atoms with Crippen LogP contribution in [0.1, 0.15) is 24.8 Å². The number of halogens is 1. The van der Waals surface area contributed by atoms with Gasteiger partial charge in [-0.05, 0) is 37.1 Å². The summed E-state index contributed by atoms with van der Waals surface area (Å²) < 4.78 is 1.01. The number of rotatable bonds is 3. The number of hydrogen-bond donors (Lipinski definition) is 2. The van der Waals surface area contributed by atoms with Crippen molar-refractivity contribution in [3.63, 3.8) is 0 Å². The number of carbonyl (C=O) groups is 1. The van der Waals surface area contributed by atoms with E-state index in [-0.39, 0.29) is 11.9 Å². The van der Waals surface area contributed by atoms with Crippen LogP contribution in [0, 0.1) is 0 Å². The molecule has 0 spiro atoms. The lowest BCUT2D eigenvalue weighted by atomic mass is 10.0. The van der Waals surface area contributed by atoms with Gasteiger partial charge in [0.15, 0.2) is 0 Å². The molecular formula is C14H20BrN3O. The number of hydrogen-bond acceptors (Lipinski definition) is 3. The Balaban J connectivity index is 2.13. The minimum Gasteiger partial charge on any atom is -0.399 e. The monoisotopic (exact) mass is 325 g/mol. The Morgan fingerprint density at radius 2 is 2.32 bits per heavy atom. The van der Waals surface area contributed by atoms with E-state index < -0.39 is 0 Å². The van der Waals surface area contributed by atoms with Gasteiger partial charge in [0, 0.05) is 23.8 Å². The first-order valence-corrected chi connectivity index (χ1v) is 7.40. The van der Waals surface area contributed by atoms with Crippen LogP contribution in [0.2, 0.25) is 0 Å². The summed E-state index contributed by atoms with van der Waals surface area (Å²) in [6, 6.07) is 5.82. The molecule has 1 atom stereocenters. The third-order valence-electron chi connectivity index (χ3n) is 3.61. The third kappa shape index (κ3) is 3.48. The van der Waals surface area contributed by atoms with Gasteiger partial charge in [-0.3, -0.25) is 9.69 Å². The smallest absolute Gasteiger partial charge is 0.237 e. The van der Waals surface area contributed by atoms with Gasteiger partial charge in [0.2, 0.25) is 5.91 Å². The molecule has 1 unspecified atom stereocenters. The van der Waals surface area contributed by atoms with Crippen LogP contribution in [0.5, 0.6) is 0 Å². The van der Waals surface area contributed by atoms with Gasteiger partial charge in [-0.2, -0.15) is 0 Å². The Bertz CT molecular complexity index is 464. The molecule has 104 valence electrons. The average molecular weight is 326 g/mol. The maximum Gasteiger partial charge on any atom is 0.237 e. The van der Waals surface area contributed by atoms with Crippen LogP contribution < -0.4 is 11.1 Å². The van der Waals surface area contributed by atoms with E-state index >= 15 is 0 Å². The molecule has 19 heavy (non-hydrogen) atoms. The first kappa shape index (κ1) is 14.3. The highest BCUT2D eigenvalue weighted by Gasteiger charge is 2.28. The topological polar surface area (TPSA) is 58.4 Å². The second-order valence-electron chi connectivity index (χ2n) is 4.95. The molecule has 1 fully saturated rings. The Hall–Kier alpha value is -1.07. The lowest BCUT2D eigenvalue weighted by Gasteiger charge is -2.34. The standard InChI is InChI=1S/C14H20BrN3O/c1-17-14(19)13-4-2-3-7-18(13)9-10-5-6-11(16)8-12(10)15/h5-6,8,13H,2-4,7,9,16H2,1H3,(H,17,19). The second kappa shape index (κ2) is 6.39. The van der Waals surface area contributed by atoms with Gasteiger partial charge in [0.25, 0.3) is 0 Å². The van der Waals surface area contributed by atoms with Crippen molar-refractivity contribution in [1.82, 2.24) is 10.2 Å². The van der Waals surface area contributed by atoms with Crippen LogP contribution in [-0.2, 0) is 11.3 Å². The molecule has 0 bridgehead atoms. The molecule has 0 saturated carbocycles. The fraction of sp³-hybridized carbons (Fsp3) is 0.500. The van der Waals surface area contributed by atoms with E-state index in [4.69, 9.17) is 5.73 Å². The summed E-state index contributed by atoms with van der Waals surface area (Å²) in [5, 5.41) is 2.76. The quantitative estimate of drug-likeness (QED) is 0.837. The molecule has 1 amide bonds. The van der Waals surface area contributed by atoms with Gasteiger partial charge in [-0.25, -0.2) is 0 Å². The molecule has 2 rings (SSSR count). The van der Waals surface area contributed by atoms with Gasteiger partial charge in [-0.1, -0.05) is 28.4 Å². The predicted octanol–water partition coefficient (Wildman–Crippen LogP) is 2.13. The number of anilines is 1. The lowest BCUT2D eigenvalue weighted by Crippen LogP contribution is -2.48. The number of nitrogens with one attached hydrogen (secondary N) is 1. The number of carbonyl (C=O) groups excluding carboxylic acids is 1. The van der Waals surface area contributed by atoms with Crippen LogP contribution in [0.25, 0.3) is 0 Å². The van der Waals surface area contributed by atoms with Crippen LogP contribution in [0.15, 0.2) is 22.7 Å². The van der Waals surface area contributed by atoms with Gasteiger partial charge in [0.05, 0.1) is 6.04 Å². The summed E-state index contributed by atoms with van der Waals surface area (Å²) in [4.78, 5) is 14.2. The van der Waals surface area contributed by atoms with Gasteiger partial charge in [0.1, 0.15) is 0 Å². The summed E-state index contributed by atoms with van der Waals surface area (Å²) in [7, 11) is 1.70. The molecule has 0 aromatic heterocycles. The Labute approximate surface area is 122 Å². The van der Waals surface area contributed by atoms with Crippen LogP contribution in [-0.4, -0.2) is 30.4 Å². The number of piperidine rings is 1. The van der Waals surface area contributed by atoms with E-state index in [1.807, 2.05) is 18.2 Å². The minimum atomic E-state index is -0.0109. The summed E-state index contributed by atoms with van der Waals surface area (Å²) in [5.74, 6) is 0.117. The van der Waals surface area contributed by atoms with Crippen molar-refractivity contribution in [1.29, 1.82) is 0 Å². The van der Waals surface area contributed by atoms with Crippen LogP contribution in [0.4, 0.5) is 5.69 Å². The van der Waals surface area contributed by atoms with Crippen molar-refractivity contribution in [3.8, 4) is 0 Å². The van der Waals surface area contributed by atoms with E-state index in [1.165, 1.54) is 5.56 Å². The molecule has 1 aromatic rings. The zero-order valence-corrected chi connectivity index (χ0v) is 12.7. The highest BCUT2D eigenvalue weighted by Crippen LogP contribution is 2.25. The summed E-state index contributed by atoms with van der Waals surface area (Å²) in [6.45, 7) is 1.74. The second-order valence-corrected chi connectivity index (χ2v) is 5.80. The van der Waals surface area contributed by atoms with Crippen LogP contribution in [0.3, 0.4) is 0 Å². The average Bonchev–Trinajstić information content (AvgIpc) is 2.41. The number of nitrogen functional groups attached to an aromatic ring is 1. The van der Waals surface area contributed by atoms with Crippen molar-refractivity contribution in [2.45, 2.75) is 31.8 Å². The van der Waals surface area contributed by atoms with E-state index in [9.17, 15) is 4.79 Å². The van der Waals surface area contributed by atoms with Crippen molar-refractivity contribution in [3.05, 3.63) is 28.2 Å². The number of nitrogens with two attached hydrogens (primary N) is 1. The predicted molar refractivity (Wildman–Crippen MR) is 80.7 cm³/mol. The van der Waals surface area contributed by atoms with E-state index in [0.29, 0.717) is 0 Å². The number of benzene rings is 1. The SMILES string of the molecule is CNC(=O)C1CCCCN1Cc1ccc(N)cc1Br. The zero-order chi connectivity index (χ0) is 13.8. The normalized spacial score (nSPS) is 20.2. The van der Waals surface area contributed by atoms with Crippen molar-refractivity contribution in [2.75, 3.05) is 19.3 Å². The number of likely N-dealkylation sites (N-methyl/N-ethyl adjacent to an activating group) is 1. The highest BCUT2D eigenvalue weighted by molar-refractivity contribution is 9.10. The molecule has 1 heterocycles. The lowest BCUT2D eigenvalue weighted by molar-refractivity contribution is -0.127. The fourth-order valence-electron chi connectivity index (χ4n) is 2.55. The van der Waals surface area contributed by atoms with Crippen LogP contribution >= 0.6 is 15.9 Å². The molecule has 1 saturated heterocycles. The third-order valence-corrected chi connectivity index (χ3v) is 4.35. The Kier molecular flexibility index (Phi) is 4.82. The molecule has 5 heteroatoms. The van der Waals surface area contributed by atoms with Gasteiger partial charge in [-0.15, -0.1) is 0 Å². The number of amides is 1. The summed E-state index contributed by atoms with van der Waals surface area (Å²) >= 11 is 3.54. The Morgan fingerprint density at radius 1 is 1.53 bits per heavy atom. The molecule has 3 N–H and O–H groups in total. The molecule has 1 aromatic carbocycles. The molecule has 1 aliphatic heterocycles. The molecule has 4 nitrogen and oxygen atoms in total. The van der Waals surface area contributed by atoms with Crippen molar-refractivity contribution in [2.24, 2.45) is 0 Å². The van der Waals surface area contributed by atoms with Gasteiger partial charge >= 0.3 is 0 Å². The maximum atomic E-state index is 11.9. The van der Waals surface area contributed by atoms with E-state index in [2.05, 4.69) is 26.1 Å². The number of nitrogens with zero attached hydrogens (tertiary/aromatic N) is 1. The summed E-state index contributed by atoms with van der Waals surface area (Å²) in [5.41, 5.74) is 7.67. The Morgan fingerprint density at radius 3 is 3.00 bits per heavy atom. The number of likely N-dealkylation sites (tertiary alicyclic amines) is 1.